The van der Waals surface area contributed by atoms with E-state index in [1.54, 1.807) is 0 Å². The van der Waals surface area contributed by atoms with Crippen LogP contribution in [-0.4, -0.2) is 0 Å². The quantitative estimate of drug-likeness (QED) is 0.588. The van der Waals surface area contributed by atoms with Crippen molar-refractivity contribution >= 4 is 23.3 Å². The zero-order chi connectivity index (χ0) is 7.97. The van der Waals surface area contributed by atoms with Crippen LogP contribution < -0.4 is 15.2 Å². The molecule has 0 saturated carbocycles. The van der Waals surface area contributed by atoms with Gasteiger partial charge in [-0.05, 0) is 24.1 Å². The fraction of sp³-hybridized carbons (Fsp3) is 0. The SMILES string of the molecule is [C]1=C2Nc3ccccc3N2NS1. The molecule has 0 atom stereocenters. The average Bonchev–Trinajstić information content (AvgIpc) is 2.62. The lowest BCUT2D eigenvalue weighted by Gasteiger charge is -2.11. The summed E-state index contributed by atoms with van der Waals surface area (Å²) < 4.78 is 0. The van der Waals surface area contributed by atoms with E-state index < -0.39 is 0 Å². The van der Waals surface area contributed by atoms with Crippen molar-refractivity contribution in [2.75, 3.05) is 10.3 Å². The van der Waals surface area contributed by atoms with Gasteiger partial charge in [0.2, 0.25) is 0 Å². The monoisotopic (exact) mass is 176 g/mol. The number of rotatable bonds is 0. The van der Waals surface area contributed by atoms with Crippen molar-refractivity contribution < 1.29 is 0 Å². The second-order valence-corrected chi connectivity index (χ2v) is 3.21. The highest BCUT2D eigenvalue weighted by atomic mass is 32.2. The molecule has 1 aromatic carbocycles. The van der Waals surface area contributed by atoms with Crippen LogP contribution in [0.5, 0.6) is 0 Å². The zero-order valence-corrected chi connectivity index (χ0v) is 6.98. The second-order valence-electron chi connectivity index (χ2n) is 2.62. The molecular formula is C8H6N3S. The Morgan fingerprint density at radius 2 is 2.25 bits per heavy atom. The minimum Gasteiger partial charge on any atom is -0.338 e. The third kappa shape index (κ3) is 0.707. The van der Waals surface area contributed by atoms with Gasteiger partial charge in [0.25, 0.3) is 0 Å². The number of hydrogen-bond donors (Lipinski definition) is 2. The molecule has 3 nitrogen and oxygen atoms in total. The molecule has 2 aliphatic heterocycles. The minimum absolute atomic E-state index is 0.987. The molecule has 0 aromatic heterocycles. The number of hydrazine groups is 1. The van der Waals surface area contributed by atoms with E-state index in [9.17, 15) is 0 Å². The Kier molecular flexibility index (Phi) is 1.16. The number of nitrogens with zero attached hydrogens (tertiary/aromatic N) is 1. The van der Waals surface area contributed by atoms with Gasteiger partial charge in [0.05, 0.1) is 16.8 Å². The zero-order valence-electron chi connectivity index (χ0n) is 6.16. The summed E-state index contributed by atoms with van der Waals surface area (Å²) in [7, 11) is 0. The van der Waals surface area contributed by atoms with Crippen molar-refractivity contribution in [3.8, 4) is 0 Å². The van der Waals surface area contributed by atoms with Gasteiger partial charge in [-0.15, -0.1) is 0 Å². The maximum atomic E-state index is 3.24. The summed E-state index contributed by atoms with van der Waals surface area (Å²) in [6, 6.07) is 8.15. The van der Waals surface area contributed by atoms with E-state index in [1.165, 1.54) is 11.9 Å². The number of para-hydroxylation sites is 2. The number of nitrogens with one attached hydrogen (secondary N) is 2. The van der Waals surface area contributed by atoms with Crippen molar-refractivity contribution in [3.05, 3.63) is 35.5 Å². The second kappa shape index (κ2) is 2.18. The highest BCUT2D eigenvalue weighted by Crippen LogP contribution is 2.37. The van der Waals surface area contributed by atoms with E-state index in [1.807, 2.05) is 17.1 Å². The molecular weight excluding hydrogens is 170 g/mol. The number of fused-ring (bicyclic) bond motifs is 3. The van der Waals surface area contributed by atoms with Crippen LogP contribution in [0.25, 0.3) is 0 Å². The van der Waals surface area contributed by atoms with Crippen LogP contribution in [0.3, 0.4) is 0 Å². The van der Waals surface area contributed by atoms with Gasteiger partial charge in [-0.25, -0.2) is 5.01 Å². The fourth-order valence-electron chi connectivity index (χ4n) is 1.36. The van der Waals surface area contributed by atoms with Gasteiger partial charge in [-0.3, -0.25) is 0 Å². The molecule has 0 fully saturated rings. The summed E-state index contributed by atoms with van der Waals surface area (Å²) in [5, 5.41) is 8.33. The van der Waals surface area contributed by atoms with Gasteiger partial charge in [0.15, 0.2) is 0 Å². The Morgan fingerprint density at radius 1 is 1.33 bits per heavy atom. The molecule has 4 heteroatoms. The summed E-state index contributed by atoms with van der Waals surface area (Å²) in [5.74, 6) is 0.987. The molecule has 2 heterocycles. The molecule has 1 aromatic rings. The van der Waals surface area contributed by atoms with Crippen LogP contribution >= 0.6 is 11.9 Å². The Balaban J connectivity index is 2.17. The first-order valence-corrected chi connectivity index (χ1v) is 4.47. The maximum absolute atomic E-state index is 3.24. The van der Waals surface area contributed by atoms with E-state index >= 15 is 0 Å². The van der Waals surface area contributed by atoms with Crippen molar-refractivity contribution in [1.82, 2.24) is 4.83 Å². The Hall–Kier alpha value is -1.13. The number of anilines is 2. The van der Waals surface area contributed by atoms with Gasteiger partial charge < -0.3 is 5.32 Å². The van der Waals surface area contributed by atoms with Gasteiger partial charge in [-0.1, -0.05) is 12.1 Å². The average molecular weight is 176 g/mol. The van der Waals surface area contributed by atoms with E-state index in [4.69, 9.17) is 0 Å². The predicted molar refractivity (Wildman–Crippen MR) is 50.0 cm³/mol. The molecule has 0 unspecified atom stereocenters. The molecule has 3 rings (SSSR count). The summed E-state index contributed by atoms with van der Waals surface area (Å²) in [5.41, 5.74) is 2.29. The Labute approximate surface area is 74.5 Å². The van der Waals surface area contributed by atoms with Crippen molar-refractivity contribution in [3.63, 3.8) is 0 Å². The standard InChI is InChI=1S/C8H6N3S/c1-2-4-7-6(3-1)9-8-5-12-10-11(7)8/h1-4,9-10H. The number of benzene rings is 1. The smallest absolute Gasteiger partial charge is 0.143 e. The van der Waals surface area contributed by atoms with Crippen molar-refractivity contribution in [2.24, 2.45) is 0 Å². The molecule has 2 N–H and O–H groups in total. The highest BCUT2D eigenvalue weighted by molar-refractivity contribution is 7.99. The third-order valence-corrected chi connectivity index (χ3v) is 2.48. The molecule has 0 amide bonds. The lowest BCUT2D eigenvalue weighted by atomic mass is 10.3. The van der Waals surface area contributed by atoms with Crippen LogP contribution in [-0.2, 0) is 0 Å². The molecule has 1 radical (unpaired) electrons. The van der Waals surface area contributed by atoms with Gasteiger partial charge >= 0.3 is 0 Å². The molecule has 12 heavy (non-hydrogen) atoms. The van der Waals surface area contributed by atoms with Gasteiger partial charge in [0.1, 0.15) is 5.82 Å². The summed E-state index contributed by atoms with van der Waals surface area (Å²) in [4.78, 5) is 3.11. The summed E-state index contributed by atoms with van der Waals surface area (Å²) in [6.07, 6.45) is 0. The van der Waals surface area contributed by atoms with E-state index in [0.717, 1.165) is 17.2 Å². The Bertz CT molecular complexity index is 361. The van der Waals surface area contributed by atoms with Gasteiger partial charge in [-0.2, -0.15) is 4.83 Å². The lowest BCUT2D eigenvalue weighted by Crippen LogP contribution is -2.25. The molecule has 0 bridgehead atoms. The third-order valence-electron chi connectivity index (χ3n) is 1.91. The van der Waals surface area contributed by atoms with E-state index in [2.05, 4.69) is 27.7 Å². The molecule has 59 valence electrons. The normalized spacial score (nSPS) is 18.3. The summed E-state index contributed by atoms with van der Waals surface area (Å²) >= 11 is 1.46. The largest absolute Gasteiger partial charge is 0.338 e. The predicted octanol–water partition coefficient (Wildman–Crippen LogP) is 1.69. The van der Waals surface area contributed by atoms with Crippen molar-refractivity contribution in [2.45, 2.75) is 0 Å². The van der Waals surface area contributed by atoms with Crippen LogP contribution in [0.4, 0.5) is 11.4 Å². The van der Waals surface area contributed by atoms with Crippen LogP contribution in [0, 0.1) is 5.41 Å². The minimum atomic E-state index is 0.987. The van der Waals surface area contributed by atoms with Crippen LogP contribution in [0.15, 0.2) is 30.1 Å². The van der Waals surface area contributed by atoms with E-state index in [0.29, 0.717) is 0 Å². The van der Waals surface area contributed by atoms with Crippen LogP contribution in [0.1, 0.15) is 0 Å². The molecule has 0 aliphatic carbocycles. The first-order chi connectivity index (χ1) is 5.95. The molecule has 0 saturated heterocycles. The number of hydrogen-bond acceptors (Lipinski definition) is 4. The van der Waals surface area contributed by atoms with E-state index in [-0.39, 0.29) is 0 Å². The molecule has 2 aliphatic rings. The summed E-state index contributed by atoms with van der Waals surface area (Å²) in [6.45, 7) is 0. The fourth-order valence-corrected chi connectivity index (χ4v) is 1.93. The highest BCUT2D eigenvalue weighted by Gasteiger charge is 2.26. The van der Waals surface area contributed by atoms with Gasteiger partial charge in [0, 0.05) is 0 Å². The Morgan fingerprint density at radius 3 is 3.25 bits per heavy atom. The first-order valence-electron chi connectivity index (χ1n) is 3.66. The van der Waals surface area contributed by atoms with Crippen LogP contribution in [0.2, 0.25) is 0 Å². The maximum Gasteiger partial charge on any atom is 0.143 e. The lowest BCUT2D eigenvalue weighted by molar-refractivity contribution is 0.982. The molecule has 0 spiro atoms. The first kappa shape index (κ1) is 6.39. The topological polar surface area (TPSA) is 27.3 Å². The van der Waals surface area contributed by atoms with Crippen molar-refractivity contribution in [1.29, 1.82) is 0 Å².